The number of nitrogens with one attached hydrogen (secondary N) is 1. The van der Waals surface area contributed by atoms with Crippen LogP contribution in [0.5, 0.6) is 0 Å². The summed E-state index contributed by atoms with van der Waals surface area (Å²) in [6, 6.07) is 3.52. The summed E-state index contributed by atoms with van der Waals surface area (Å²) in [5.41, 5.74) is 5.06. The Labute approximate surface area is 101 Å². The van der Waals surface area contributed by atoms with Crippen LogP contribution in [0.25, 0.3) is 0 Å². The van der Waals surface area contributed by atoms with Gasteiger partial charge in [-0.05, 0) is 33.8 Å². The lowest BCUT2D eigenvalue weighted by molar-refractivity contribution is 0.0239. The monoisotopic (exact) mass is 234 g/mol. The molecular formula is C12H18N4O. The number of aliphatic hydroxyl groups is 1. The molecule has 1 aromatic rings. The van der Waals surface area contributed by atoms with Crippen molar-refractivity contribution in [3.05, 3.63) is 17.8 Å². The van der Waals surface area contributed by atoms with Crippen molar-refractivity contribution in [1.82, 2.24) is 4.98 Å². The summed E-state index contributed by atoms with van der Waals surface area (Å²) in [6.45, 7) is 7.12. The molecule has 1 aromatic heterocycles. The molecule has 0 aliphatic rings. The summed E-state index contributed by atoms with van der Waals surface area (Å²) >= 11 is 0. The lowest BCUT2D eigenvalue weighted by Crippen LogP contribution is -2.51. The van der Waals surface area contributed by atoms with Gasteiger partial charge in [-0.3, -0.25) is 0 Å². The van der Waals surface area contributed by atoms with E-state index in [0.29, 0.717) is 17.1 Å². The molecule has 0 radical (unpaired) electrons. The van der Waals surface area contributed by atoms with Crippen LogP contribution in [0.4, 0.5) is 11.5 Å². The second-order valence-corrected chi connectivity index (χ2v) is 5.08. The fraction of sp³-hybridized carbons (Fsp3) is 0.500. The molecular weight excluding hydrogens is 216 g/mol. The third-order valence-corrected chi connectivity index (χ3v) is 3.01. The normalized spacial score (nSPS) is 12.0. The highest BCUT2D eigenvalue weighted by atomic mass is 16.3. The van der Waals surface area contributed by atoms with Gasteiger partial charge in [0, 0.05) is 6.20 Å². The Balaban J connectivity index is 3.02. The van der Waals surface area contributed by atoms with Crippen LogP contribution in [0, 0.1) is 11.3 Å². The first-order chi connectivity index (χ1) is 7.67. The van der Waals surface area contributed by atoms with Crippen LogP contribution in [0.2, 0.25) is 0 Å². The van der Waals surface area contributed by atoms with E-state index in [-0.39, 0.29) is 0 Å². The smallest absolute Gasteiger partial charge is 0.149 e. The van der Waals surface area contributed by atoms with E-state index in [9.17, 15) is 5.11 Å². The largest absolute Gasteiger partial charge is 0.396 e. The summed E-state index contributed by atoms with van der Waals surface area (Å²) in [4.78, 5) is 4.08. The first-order valence-corrected chi connectivity index (χ1v) is 5.33. The molecule has 0 aromatic carbocycles. The Morgan fingerprint density at radius 3 is 2.41 bits per heavy atom. The molecule has 0 aliphatic heterocycles. The Morgan fingerprint density at radius 2 is 2.00 bits per heavy atom. The second kappa shape index (κ2) is 4.22. The van der Waals surface area contributed by atoms with Gasteiger partial charge < -0.3 is 16.2 Å². The third-order valence-electron chi connectivity index (χ3n) is 3.01. The summed E-state index contributed by atoms with van der Waals surface area (Å²) in [5, 5.41) is 21.8. The molecule has 1 heterocycles. The van der Waals surface area contributed by atoms with E-state index in [4.69, 9.17) is 11.0 Å². The van der Waals surface area contributed by atoms with Gasteiger partial charge in [-0.15, -0.1) is 0 Å². The van der Waals surface area contributed by atoms with Gasteiger partial charge >= 0.3 is 0 Å². The van der Waals surface area contributed by atoms with Crippen LogP contribution < -0.4 is 11.1 Å². The number of nitrogen functional groups attached to an aromatic ring is 1. The third kappa shape index (κ3) is 2.86. The Bertz CT molecular complexity index is 455. The minimum absolute atomic E-state index is 0.390. The number of nitrogens with two attached hydrogens (primary N) is 1. The minimum Gasteiger partial charge on any atom is -0.396 e. The highest BCUT2D eigenvalue weighted by Gasteiger charge is 2.35. The summed E-state index contributed by atoms with van der Waals surface area (Å²) in [6.07, 6.45) is 1.44. The molecule has 0 spiro atoms. The molecule has 92 valence electrons. The van der Waals surface area contributed by atoms with Gasteiger partial charge in [0.1, 0.15) is 11.9 Å². The number of nitrogens with zero attached hydrogens (tertiary/aromatic N) is 2. The summed E-state index contributed by atoms with van der Waals surface area (Å²) < 4.78 is 0. The maximum absolute atomic E-state index is 10.0. The van der Waals surface area contributed by atoms with E-state index >= 15 is 0 Å². The van der Waals surface area contributed by atoms with Crippen LogP contribution in [0.15, 0.2) is 12.3 Å². The van der Waals surface area contributed by atoms with Gasteiger partial charge in [0.25, 0.3) is 0 Å². The standard InChI is InChI=1S/C12H18N4O/c1-11(2,12(3,4)17)16-10-9(14)5-8(6-13)7-15-10/h5,7,17H,14H2,1-4H3,(H,15,16). The van der Waals surface area contributed by atoms with Gasteiger partial charge in [-0.2, -0.15) is 5.26 Å². The Kier molecular flexibility index (Phi) is 3.30. The molecule has 5 nitrogen and oxygen atoms in total. The maximum atomic E-state index is 10.0. The van der Waals surface area contributed by atoms with Gasteiger partial charge in [0.2, 0.25) is 0 Å². The van der Waals surface area contributed by atoms with E-state index in [1.54, 1.807) is 19.9 Å². The fourth-order valence-electron chi connectivity index (χ4n) is 1.10. The van der Waals surface area contributed by atoms with Crippen molar-refractivity contribution < 1.29 is 5.11 Å². The molecule has 1 rings (SSSR count). The topological polar surface area (TPSA) is 95.0 Å². The quantitative estimate of drug-likeness (QED) is 0.736. The van der Waals surface area contributed by atoms with Crippen LogP contribution in [0.1, 0.15) is 33.3 Å². The molecule has 4 N–H and O–H groups in total. The zero-order valence-corrected chi connectivity index (χ0v) is 10.6. The Morgan fingerprint density at radius 1 is 1.41 bits per heavy atom. The minimum atomic E-state index is -0.935. The highest BCUT2D eigenvalue weighted by Crippen LogP contribution is 2.27. The van der Waals surface area contributed by atoms with Gasteiger partial charge in [-0.1, -0.05) is 0 Å². The fourth-order valence-corrected chi connectivity index (χ4v) is 1.10. The molecule has 0 saturated carbocycles. The first-order valence-electron chi connectivity index (χ1n) is 5.33. The predicted molar refractivity (Wildman–Crippen MR) is 67.4 cm³/mol. The molecule has 0 atom stereocenters. The number of aromatic nitrogens is 1. The van der Waals surface area contributed by atoms with Crippen LogP contribution >= 0.6 is 0 Å². The molecule has 17 heavy (non-hydrogen) atoms. The number of hydrogen-bond donors (Lipinski definition) is 3. The van der Waals surface area contributed by atoms with E-state index in [1.165, 1.54) is 6.20 Å². The highest BCUT2D eigenvalue weighted by molar-refractivity contribution is 5.64. The molecule has 0 saturated heterocycles. The van der Waals surface area contributed by atoms with E-state index < -0.39 is 11.1 Å². The van der Waals surface area contributed by atoms with Crippen molar-refractivity contribution in [1.29, 1.82) is 5.26 Å². The van der Waals surface area contributed by atoms with Crippen molar-refractivity contribution in [3.8, 4) is 6.07 Å². The molecule has 0 unspecified atom stereocenters. The summed E-state index contributed by atoms with van der Waals surface area (Å²) in [7, 11) is 0. The number of nitriles is 1. The maximum Gasteiger partial charge on any atom is 0.149 e. The lowest BCUT2D eigenvalue weighted by Gasteiger charge is -2.38. The average molecular weight is 234 g/mol. The van der Waals surface area contributed by atoms with Crippen molar-refractivity contribution in [2.45, 2.75) is 38.8 Å². The first kappa shape index (κ1) is 13.3. The van der Waals surface area contributed by atoms with Gasteiger partial charge in [0.15, 0.2) is 0 Å². The summed E-state index contributed by atoms with van der Waals surface area (Å²) in [5.74, 6) is 0.469. The Hall–Kier alpha value is -1.80. The molecule has 0 aliphatic carbocycles. The van der Waals surface area contributed by atoms with E-state index in [1.807, 2.05) is 19.9 Å². The van der Waals surface area contributed by atoms with Crippen LogP contribution in [-0.4, -0.2) is 21.2 Å². The zero-order valence-electron chi connectivity index (χ0n) is 10.6. The lowest BCUT2D eigenvalue weighted by atomic mass is 9.86. The number of hydrogen-bond acceptors (Lipinski definition) is 5. The second-order valence-electron chi connectivity index (χ2n) is 5.08. The van der Waals surface area contributed by atoms with Gasteiger partial charge in [0.05, 0.1) is 22.4 Å². The molecule has 0 amide bonds. The number of rotatable bonds is 3. The van der Waals surface area contributed by atoms with Gasteiger partial charge in [-0.25, -0.2) is 4.98 Å². The number of anilines is 2. The number of pyridine rings is 1. The van der Waals surface area contributed by atoms with E-state index in [0.717, 1.165) is 0 Å². The molecule has 0 bridgehead atoms. The van der Waals surface area contributed by atoms with Crippen molar-refractivity contribution >= 4 is 11.5 Å². The zero-order chi connectivity index (χ0) is 13.3. The van der Waals surface area contributed by atoms with Crippen molar-refractivity contribution in [2.75, 3.05) is 11.1 Å². The average Bonchev–Trinajstić information content (AvgIpc) is 2.19. The van der Waals surface area contributed by atoms with E-state index in [2.05, 4.69) is 10.3 Å². The van der Waals surface area contributed by atoms with Crippen molar-refractivity contribution in [3.63, 3.8) is 0 Å². The molecule has 0 fully saturated rings. The van der Waals surface area contributed by atoms with Crippen molar-refractivity contribution in [2.24, 2.45) is 0 Å². The molecule has 5 heteroatoms. The predicted octanol–water partition coefficient (Wildman–Crippen LogP) is 1.50. The SMILES string of the molecule is CC(C)(O)C(C)(C)Nc1ncc(C#N)cc1N. The van der Waals surface area contributed by atoms with Crippen LogP contribution in [-0.2, 0) is 0 Å². The van der Waals surface area contributed by atoms with Crippen LogP contribution in [0.3, 0.4) is 0 Å².